The zero-order valence-electron chi connectivity index (χ0n) is 11.4. The summed E-state index contributed by atoms with van der Waals surface area (Å²) in [5.41, 5.74) is 0.180. The highest BCUT2D eigenvalue weighted by Gasteiger charge is 2.41. The van der Waals surface area contributed by atoms with Crippen molar-refractivity contribution in [3.63, 3.8) is 0 Å². The lowest BCUT2D eigenvalue weighted by Crippen LogP contribution is -2.44. The fraction of sp³-hybridized carbons (Fsp3) is 0.750. The first-order valence-electron chi connectivity index (χ1n) is 6.36. The average Bonchev–Trinajstić information content (AvgIpc) is 2.84. The van der Waals surface area contributed by atoms with Gasteiger partial charge in [-0.3, -0.25) is 0 Å². The van der Waals surface area contributed by atoms with Crippen molar-refractivity contribution in [1.29, 1.82) is 0 Å². The zero-order chi connectivity index (χ0) is 14.3. The van der Waals surface area contributed by atoms with E-state index < -0.39 is 10.0 Å². The summed E-state index contributed by atoms with van der Waals surface area (Å²) in [5.74, 6) is 0. The number of aliphatic hydroxyl groups excluding tert-OH is 1. The Hall–Kier alpha value is -0.500. The van der Waals surface area contributed by atoms with Gasteiger partial charge in [0.1, 0.15) is 0 Å². The van der Waals surface area contributed by atoms with Gasteiger partial charge in [0.15, 0.2) is 4.21 Å². The monoisotopic (exact) mass is 304 g/mol. The number of nitrogens with one attached hydrogen (secondary N) is 1. The van der Waals surface area contributed by atoms with Gasteiger partial charge in [0.05, 0.1) is 10.7 Å². The van der Waals surface area contributed by atoms with Crippen LogP contribution in [0.2, 0.25) is 0 Å². The molecule has 0 bridgehead atoms. The SMILES string of the molecule is Cc1nc(C)c(S(=O)(=O)N[C@@H]2CCC[C@]2(C)CO)s1. The fourth-order valence-corrected chi connectivity index (χ4v) is 5.53. The first-order valence-corrected chi connectivity index (χ1v) is 8.66. The van der Waals surface area contributed by atoms with Gasteiger partial charge in [-0.15, -0.1) is 11.3 Å². The fourth-order valence-electron chi connectivity index (χ4n) is 2.63. The lowest BCUT2D eigenvalue weighted by atomic mass is 9.86. The number of hydrogen-bond donors (Lipinski definition) is 2. The molecule has 0 spiro atoms. The van der Waals surface area contributed by atoms with Gasteiger partial charge in [-0.2, -0.15) is 0 Å². The second-order valence-electron chi connectivity index (χ2n) is 5.48. The zero-order valence-corrected chi connectivity index (χ0v) is 13.1. The minimum atomic E-state index is -3.54. The number of aryl methyl sites for hydroxylation is 2. The Morgan fingerprint density at radius 1 is 1.53 bits per heavy atom. The molecular weight excluding hydrogens is 284 g/mol. The summed E-state index contributed by atoms with van der Waals surface area (Å²) in [6.07, 6.45) is 2.55. The van der Waals surface area contributed by atoms with Crippen molar-refractivity contribution in [1.82, 2.24) is 9.71 Å². The highest BCUT2D eigenvalue weighted by Crippen LogP contribution is 2.38. The Labute approximate surface area is 118 Å². The van der Waals surface area contributed by atoms with Crippen LogP contribution >= 0.6 is 11.3 Å². The maximum Gasteiger partial charge on any atom is 0.252 e. The largest absolute Gasteiger partial charge is 0.396 e. The van der Waals surface area contributed by atoms with Crippen LogP contribution in [0.3, 0.4) is 0 Å². The molecule has 0 aromatic carbocycles. The van der Waals surface area contributed by atoms with Crippen molar-refractivity contribution < 1.29 is 13.5 Å². The molecule has 0 amide bonds. The van der Waals surface area contributed by atoms with Crippen LogP contribution in [0, 0.1) is 19.3 Å². The number of aliphatic hydroxyl groups is 1. The van der Waals surface area contributed by atoms with Crippen LogP contribution in [0.15, 0.2) is 4.21 Å². The van der Waals surface area contributed by atoms with Gasteiger partial charge in [0.25, 0.3) is 10.0 Å². The topological polar surface area (TPSA) is 79.3 Å². The molecule has 1 aromatic heterocycles. The highest BCUT2D eigenvalue weighted by molar-refractivity contribution is 7.91. The molecule has 0 saturated heterocycles. The predicted octanol–water partition coefficient (Wildman–Crippen LogP) is 1.59. The summed E-state index contributed by atoms with van der Waals surface area (Å²) in [6.45, 7) is 5.43. The molecule has 1 saturated carbocycles. The van der Waals surface area contributed by atoms with Crippen molar-refractivity contribution in [2.75, 3.05) is 6.61 Å². The molecule has 2 atom stereocenters. The molecule has 1 fully saturated rings. The van der Waals surface area contributed by atoms with Gasteiger partial charge >= 0.3 is 0 Å². The third-order valence-electron chi connectivity index (χ3n) is 3.85. The van der Waals surface area contributed by atoms with E-state index in [0.717, 1.165) is 24.3 Å². The average molecular weight is 304 g/mol. The number of hydrogen-bond acceptors (Lipinski definition) is 5. The van der Waals surface area contributed by atoms with Crippen LogP contribution in [0.25, 0.3) is 0 Å². The van der Waals surface area contributed by atoms with Gasteiger partial charge in [0.2, 0.25) is 0 Å². The quantitative estimate of drug-likeness (QED) is 0.885. The summed E-state index contributed by atoms with van der Waals surface area (Å²) >= 11 is 1.19. The molecule has 1 aromatic rings. The molecule has 1 aliphatic carbocycles. The Morgan fingerprint density at radius 3 is 2.74 bits per heavy atom. The normalized spacial score (nSPS) is 27.9. The molecule has 2 N–H and O–H groups in total. The lowest BCUT2D eigenvalue weighted by Gasteiger charge is -2.29. The third kappa shape index (κ3) is 2.84. The van der Waals surface area contributed by atoms with Crippen LogP contribution < -0.4 is 4.72 Å². The van der Waals surface area contributed by atoms with E-state index in [0.29, 0.717) is 5.69 Å². The third-order valence-corrected chi connectivity index (χ3v) is 7.00. The molecule has 7 heteroatoms. The Morgan fingerprint density at radius 2 is 2.21 bits per heavy atom. The molecule has 0 unspecified atom stereocenters. The Bertz CT molecular complexity index is 568. The van der Waals surface area contributed by atoms with Crippen LogP contribution in [-0.2, 0) is 10.0 Å². The Kier molecular flexibility index (Phi) is 4.02. The van der Waals surface area contributed by atoms with Crippen molar-refractivity contribution >= 4 is 21.4 Å². The smallest absolute Gasteiger partial charge is 0.252 e. The summed E-state index contributed by atoms with van der Waals surface area (Å²) in [6, 6.07) is -0.204. The molecule has 2 rings (SSSR count). The first-order chi connectivity index (χ1) is 8.78. The number of aromatic nitrogens is 1. The summed E-state index contributed by atoms with van der Waals surface area (Å²) < 4.78 is 27.8. The van der Waals surface area contributed by atoms with Crippen molar-refractivity contribution in [2.45, 2.75) is 50.3 Å². The van der Waals surface area contributed by atoms with Gasteiger partial charge < -0.3 is 5.11 Å². The van der Waals surface area contributed by atoms with E-state index >= 15 is 0 Å². The van der Waals surface area contributed by atoms with E-state index in [4.69, 9.17) is 0 Å². The van der Waals surface area contributed by atoms with Crippen molar-refractivity contribution in [2.24, 2.45) is 5.41 Å². The van der Waals surface area contributed by atoms with Crippen molar-refractivity contribution in [3.05, 3.63) is 10.7 Å². The van der Waals surface area contributed by atoms with Gasteiger partial charge in [-0.05, 0) is 26.7 Å². The van der Waals surface area contributed by atoms with E-state index in [9.17, 15) is 13.5 Å². The molecule has 0 radical (unpaired) electrons. The highest BCUT2D eigenvalue weighted by atomic mass is 32.2. The predicted molar refractivity (Wildman–Crippen MR) is 74.7 cm³/mol. The van der Waals surface area contributed by atoms with Crippen LogP contribution in [0.5, 0.6) is 0 Å². The van der Waals surface area contributed by atoms with E-state index in [2.05, 4.69) is 9.71 Å². The second kappa shape index (κ2) is 5.12. The maximum absolute atomic E-state index is 12.4. The molecule has 5 nitrogen and oxygen atoms in total. The van der Waals surface area contributed by atoms with E-state index in [1.54, 1.807) is 13.8 Å². The van der Waals surface area contributed by atoms with E-state index in [-0.39, 0.29) is 22.3 Å². The molecule has 19 heavy (non-hydrogen) atoms. The van der Waals surface area contributed by atoms with E-state index in [1.165, 1.54) is 11.3 Å². The molecule has 108 valence electrons. The number of thiazole rings is 1. The Balaban J connectivity index is 2.25. The molecule has 1 heterocycles. The van der Waals surface area contributed by atoms with Gasteiger partial charge in [-0.1, -0.05) is 13.3 Å². The first kappa shape index (κ1) is 14.9. The van der Waals surface area contributed by atoms with Crippen LogP contribution in [0.1, 0.15) is 36.9 Å². The van der Waals surface area contributed by atoms with E-state index in [1.807, 2.05) is 6.92 Å². The number of nitrogens with zero attached hydrogens (tertiary/aromatic N) is 1. The van der Waals surface area contributed by atoms with Crippen molar-refractivity contribution in [3.8, 4) is 0 Å². The second-order valence-corrected chi connectivity index (χ2v) is 8.60. The van der Waals surface area contributed by atoms with Crippen LogP contribution in [0.4, 0.5) is 0 Å². The lowest BCUT2D eigenvalue weighted by molar-refractivity contribution is 0.127. The van der Waals surface area contributed by atoms with Gasteiger partial charge in [0, 0.05) is 18.1 Å². The number of rotatable bonds is 4. The van der Waals surface area contributed by atoms with Crippen LogP contribution in [-0.4, -0.2) is 31.2 Å². The minimum Gasteiger partial charge on any atom is -0.396 e. The standard InChI is InChI=1S/C12H20N2O3S2/c1-8-11(18-9(2)13-8)19(16,17)14-10-5-4-6-12(10,3)7-15/h10,14-15H,4-7H2,1-3H3/t10-,12-/m1/s1. The summed E-state index contributed by atoms with van der Waals surface area (Å²) in [7, 11) is -3.54. The maximum atomic E-state index is 12.4. The molecule has 1 aliphatic rings. The summed E-state index contributed by atoms with van der Waals surface area (Å²) in [5, 5.41) is 10.2. The van der Waals surface area contributed by atoms with Gasteiger partial charge in [-0.25, -0.2) is 18.1 Å². The number of sulfonamides is 1. The summed E-state index contributed by atoms with van der Waals surface area (Å²) in [4.78, 5) is 4.16. The molecule has 0 aliphatic heterocycles. The minimum absolute atomic E-state index is 0.000880. The molecular formula is C12H20N2O3S2.